The van der Waals surface area contributed by atoms with Crippen LogP contribution in [0.1, 0.15) is 26.2 Å². The highest BCUT2D eigenvalue weighted by Gasteiger charge is 2.06. The zero-order valence-corrected chi connectivity index (χ0v) is 10.2. The van der Waals surface area contributed by atoms with Crippen molar-refractivity contribution in [3.8, 4) is 0 Å². The standard InChI is InChI=1S/C13H20N4/c1-2-3-4-12(8-14)16-11-5-6-13-10(7-11)9-15-17-13/h5-7,9,12,16H,2-4,8,14H2,1H3,(H,15,17). The lowest BCUT2D eigenvalue weighted by atomic mass is 10.1. The summed E-state index contributed by atoms with van der Waals surface area (Å²) in [5.74, 6) is 0. The lowest BCUT2D eigenvalue weighted by Gasteiger charge is -2.17. The Hall–Kier alpha value is -1.55. The number of nitrogens with zero attached hydrogens (tertiary/aromatic N) is 1. The van der Waals surface area contributed by atoms with Crippen molar-refractivity contribution in [1.29, 1.82) is 0 Å². The Morgan fingerprint density at radius 3 is 3.12 bits per heavy atom. The lowest BCUT2D eigenvalue weighted by Crippen LogP contribution is -2.28. The Bertz CT molecular complexity index is 463. The molecule has 1 aromatic heterocycles. The van der Waals surface area contributed by atoms with Crippen LogP contribution in [-0.4, -0.2) is 22.8 Å². The van der Waals surface area contributed by atoms with Crippen molar-refractivity contribution in [3.63, 3.8) is 0 Å². The molecule has 1 atom stereocenters. The molecule has 0 fully saturated rings. The van der Waals surface area contributed by atoms with Crippen LogP contribution >= 0.6 is 0 Å². The number of rotatable bonds is 6. The van der Waals surface area contributed by atoms with Crippen LogP contribution in [0.25, 0.3) is 10.9 Å². The van der Waals surface area contributed by atoms with Gasteiger partial charge in [-0.05, 0) is 24.6 Å². The Balaban J connectivity index is 2.05. The van der Waals surface area contributed by atoms with E-state index in [4.69, 9.17) is 5.73 Å². The molecule has 0 aliphatic rings. The molecule has 0 aliphatic heterocycles. The fraction of sp³-hybridized carbons (Fsp3) is 0.462. The molecule has 2 rings (SSSR count). The predicted octanol–water partition coefficient (Wildman–Crippen LogP) is 2.49. The van der Waals surface area contributed by atoms with Crippen molar-refractivity contribution in [2.75, 3.05) is 11.9 Å². The number of fused-ring (bicyclic) bond motifs is 1. The van der Waals surface area contributed by atoms with Gasteiger partial charge in [-0.2, -0.15) is 5.10 Å². The first kappa shape index (κ1) is 11.9. The Morgan fingerprint density at radius 1 is 1.47 bits per heavy atom. The summed E-state index contributed by atoms with van der Waals surface area (Å²) in [6.07, 6.45) is 5.38. The molecule has 1 aromatic carbocycles. The van der Waals surface area contributed by atoms with Gasteiger partial charge in [-0.3, -0.25) is 5.10 Å². The monoisotopic (exact) mass is 232 g/mol. The van der Waals surface area contributed by atoms with Gasteiger partial charge in [-0.15, -0.1) is 0 Å². The quantitative estimate of drug-likeness (QED) is 0.717. The number of hydrogen-bond donors (Lipinski definition) is 3. The second-order valence-electron chi connectivity index (χ2n) is 4.39. The summed E-state index contributed by atoms with van der Waals surface area (Å²) in [5.41, 5.74) is 7.95. The molecule has 4 nitrogen and oxygen atoms in total. The zero-order chi connectivity index (χ0) is 12.1. The van der Waals surface area contributed by atoms with Crippen LogP contribution in [0.3, 0.4) is 0 Å². The van der Waals surface area contributed by atoms with Crippen LogP contribution in [0, 0.1) is 0 Å². The Kier molecular flexibility index (Phi) is 3.98. The fourth-order valence-corrected chi connectivity index (χ4v) is 1.97. The molecule has 92 valence electrons. The molecule has 0 aliphatic carbocycles. The average molecular weight is 232 g/mol. The lowest BCUT2D eigenvalue weighted by molar-refractivity contribution is 0.614. The normalized spacial score (nSPS) is 12.8. The maximum Gasteiger partial charge on any atom is 0.0651 e. The van der Waals surface area contributed by atoms with E-state index in [0.717, 1.165) is 23.0 Å². The summed E-state index contributed by atoms with van der Waals surface area (Å²) in [7, 11) is 0. The van der Waals surface area contributed by atoms with E-state index in [1.165, 1.54) is 12.8 Å². The maximum atomic E-state index is 5.77. The Morgan fingerprint density at radius 2 is 2.35 bits per heavy atom. The molecule has 0 spiro atoms. The first-order valence-electron chi connectivity index (χ1n) is 6.23. The summed E-state index contributed by atoms with van der Waals surface area (Å²) in [4.78, 5) is 0. The van der Waals surface area contributed by atoms with Crippen LogP contribution in [0.15, 0.2) is 24.4 Å². The number of benzene rings is 1. The van der Waals surface area contributed by atoms with Gasteiger partial charge >= 0.3 is 0 Å². The number of H-pyrrole nitrogens is 1. The largest absolute Gasteiger partial charge is 0.381 e. The molecule has 0 amide bonds. The minimum atomic E-state index is 0.360. The van der Waals surface area contributed by atoms with Gasteiger partial charge in [0, 0.05) is 23.7 Å². The second kappa shape index (κ2) is 5.68. The van der Waals surface area contributed by atoms with Crippen molar-refractivity contribution in [2.45, 2.75) is 32.2 Å². The fourth-order valence-electron chi connectivity index (χ4n) is 1.97. The van der Waals surface area contributed by atoms with E-state index >= 15 is 0 Å². The Labute approximate surface area is 102 Å². The van der Waals surface area contributed by atoms with Crippen molar-refractivity contribution in [2.24, 2.45) is 5.73 Å². The summed E-state index contributed by atoms with van der Waals surface area (Å²) in [6, 6.07) is 6.57. The van der Waals surface area contributed by atoms with E-state index in [1.807, 2.05) is 12.3 Å². The van der Waals surface area contributed by atoms with Gasteiger partial charge in [0.2, 0.25) is 0 Å². The summed E-state index contributed by atoms with van der Waals surface area (Å²) in [5, 5.41) is 11.6. The molecule has 0 bridgehead atoms. The van der Waals surface area contributed by atoms with Crippen molar-refractivity contribution < 1.29 is 0 Å². The van der Waals surface area contributed by atoms with Crippen LogP contribution in [-0.2, 0) is 0 Å². The van der Waals surface area contributed by atoms with Crippen LogP contribution in [0.5, 0.6) is 0 Å². The van der Waals surface area contributed by atoms with E-state index in [9.17, 15) is 0 Å². The summed E-state index contributed by atoms with van der Waals surface area (Å²) < 4.78 is 0. The minimum absolute atomic E-state index is 0.360. The second-order valence-corrected chi connectivity index (χ2v) is 4.39. The number of aromatic amines is 1. The molecule has 4 N–H and O–H groups in total. The molecule has 0 radical (unpaired) electrons. The molecule has 2 aromatic rings. The van der Waals surface area contributed by atoms with E-state index in [2.05, 4.69) is 34.6 Å². The van der Waals surface area contributed by atoms with Crippen LogP contribution < -0.4 is 11.1 Å². The predicted molar refractivity (Wildman–Crippen MR) is 72.1 cm³/mol. The summed E-state index contributed by atoms with van der Waals surface area (Å²) >= 11 is 0. The highest BCUT2D eigenvalue weighted by atomic mass is 15.1. The minimum Gasteiger partial charge on any atom is -0.381 e. The van der Waals surface area contributed by atoms with Gasteiger partial charge in [-0.1, -0.05) is 19.8 Å². The van der Waals surface area contributed by atoms with Crippen molar-refractivity contribution in [3.05, 3.63) is 24.4 Å². The van der Waals surface area contributed by atoms with Gasteiger partial charge in [0.1, 0.15) is 0 Å². The molecular formula is C13H20N4. The van der Waals surface area contributed by atoms with E-state index in [0.29, 0.717) is 12.6 Å². The van der Waals surface area contributed by atoms with Crippen molar-refractivity contribution >= 4 is 16.6 Å². The summed E-state index contributed by atoms with van der Waals surface area (Å²) in [6.45, 7) is 2.87. The third-order valence-corrected chi connectivity index (χ3v) is 3.00. The molecule has 4 heteroatoms. The van der Waals surface area contributed by atoms with E-state index in [-0.39, 0.29) is 0 Å². The van der Waals surface area contributed by atoms with Gasteiger partial charge < -0.3 is 11.1 Å². The molecule has 0 saturated carbocycles. The zero-order valence-electron chi connectivity index (χ0n) is 10.2. The number of nitrogens with two attached hydrogens (primary N) is 1. The molecule has 17 heavy (non-hydrogen) atoms. The maximum absolute atomic E-state index is 5.77. The van der Waals surface area contributed by atoms with Gasteiger partial charge in [0.15, 0.2) is 0 Å². The van der Waals surface area contributed by atoms with Crippen LogP contribution in [0.2, 0.25) is 0 Å². The number of aromatic nitrogens is 2. The highest BCUT2D eigenvalue weighted by Crippen LogP contribution is 2.18. The third kappa shape index (κ3) is 2.97. The highest BCUT2D eigenvalue weighted by molar-refractivity contribution is 5.81. The number of anilines is 1. The van der Waals surface area contributed by atoms with Crippen molar-refractivity contribution in [1.82, 2.24) is 10.2 Å². The molecule has 1 unspecified atom stereocenters. The first-order chi connectivity index (χ1) is 8.33. The third-order valence-electron chi connectivity index (χ3n) is 3.00. The van der Waals surface area contributed by atoms with Crippen LogP contribution in [0.4, 0.5) is 5.69 Å². The molecular weight excluding hydrogens is 212 g/mol. The van der Waals surface area contributed by atoms with E-state index in [1.54, 1.807) is 0 Å². The molecule has 0 saturated heterocycles. The number of nitrogens with one attached hydrogen (secondary N) is 2. The van der Waals surface area contributed by atoms with Gasteiger partial charge in [0.05, 0.1) is 11.7 Å². The topological polar surface area (TPSA) is 66.7 Å². The van der Waals surface area contributed by atoms with Gasteiger partial charge in [0.25, 0.3) is 0 Å². The molecule has 1 heterocycles. The number of unbranched alkanes of at least 4 members (excludes halogenated alkanes) is 1. The average Bonchev–Trinajstić information content (AvgIpc) is 2.81. The smallest absolute Gasteiger partial charge is 0.0651 e. The van der Waals surface area contributed by atoms with E-state index < -0.39 is 0 Å². The SMILES string of the molecule is CCCCC(CN)Nc1ccc2[nH]ncc2c1. The van der Waals surface area contributed by atoms with Gasteiger partial charge in [-0.25, -0.2) is 0 Å². The number of hydrogen-bond acceptors (Lipinski definition) is 3. The first-order valence-corrected chi connectivity index (χ1v) is 6.23.